The first-order valence-electron chi connectivity index (χ1n) is 5.08. The van der Waals surface area contributed by atoms with Crippen LogP contribution in [0.2, 0.25) is 0 Å². The minimum Gasteiger partial charge on any atom is -0.399 e. The summed E-state index contributed by atoms with van der Waals surface area (Å²) in [6.07, 6.45) is 2.16. The normalized spacial score (nSPS) is 11.6. The monoisotopic (exact) mass is 259 g/mol. The smallest absolute Gasteiger partial charge is 0.148 e. The van der Waals surface area contributed by atoms with Crippen LogP contribution in [0.1, 0.15) is 5.56 Å². The van der Waals surface area contributed by atoms with Gasteiger partial charge in [-0.05, 0) is 23.8 Å². The lowest BCUT2D eigenvalue weighted by Gasteiger charge is -2.04. The van der Waals surface area contributed by atoms with E-state index in [2.05, 4.69) is 0 Å². The number of hydrogen-bond acceptors (Lipinski definition) is 4. The highest BCUT2D eigenvalue weighted by molar-refractivity contribution is 8.00. The molecule has 1 rings (SSSR count). The predicted octanol–water partition coefficient (Wildman–Crippen LogP) is 1.59. The largest absolute Gasteiger partial charge is 0.399 e. The third kappa shape index (κ3) is 5.42. The van der Waals surface area contributed by atoms with E-state index >= 15 is 0 Å². The highest BCUT2D eigenvalue weighted by atomic mass is 32.2. The SMILES string of the molecule is CS(=O)(=O)CCSCCc1ccccc1N. The summed E-state index contributed by atoms with van der Waals surface area (Å²) in [5.41, 5.74) is 7.74. The van der Waals surface area contributed by atoms with Crippen LogP contribution in [-0.2, 0) is 16.3 Å². The lowest BCUT2D eigenvalue weighted by Crippen LogP contribution is -2.06. The number of benzene rings is 1. The summed E-state index contributed by atoms with van der Waals surface area (Å²) >= 11 is 1.65. The zero-order valence-corrected chi connectivity index (χ0v) is 11.0. The van der Waals surface area contributed by atoms with Gasteiger partial charge in [-0.1, -0.05) is 18.2 Å². The summed E-state index contributed by atoms with van der Waals surface area (Å²) in [6.45, 7) is 0. The third-order valence-electron chi connectivity index (χ3n) is 2.17. The molecule has 0 saturated carbocycles. The lowest BCUT2D eigenvalue weighted by atomic mass is 10.1. The van der Waals surface area contributed by atoms with E-state index in [1.807, 2.05) is 24.3 Å². The molecule has 0 fully saturated rings. The molecule has 16 heavy (non-hydrogen) atoms. The molecule has 0 aliphatic carbocycles. The average molecular weight is 259 g/mol. The van der Waals surface area contributed by atoms with E-state index in [9.17, 15) is 8.42 Å². The first kappa shape index (κ1) is 13.4. The van der Waals surface area contributed by atoms with Gasteiger partial charge in [0.1, 0.15) is 9.84 Å². The molecule has 0 unspecified atom stereocenters. The predicted molar refractivity (Wildman–Crippen MR) is 71.6 cm³/mol. The Kier molecular flexibility index (Phi) is 5.15. The maximum atomic E-state index is 10.9. The summed E-state index contributed by atoms with van der Waals surface area (Å²) in [6, 6.07) is 7.77. The van der Waals surface area contributed by atoms with E-state index < -0.39 is 9.84 Å². The zero-order chi connectivity index (χ0) is 12.0. The van der Waals surface area contributed by atoms with Crippen molar-refractivity contribution >= 4 is 27.3 Å². The molecule has 0 bridgehead atoms. The second-order valence-electron chi connectivity index (χ2n) is 3.69. The van der Waals surface area contributed by atoms with E-state index in [1.165, 1.54) is 6.26 Å². The van der Waals surface area contributed by atoms with Crippen molar-refractivity contribution < 1.29 is 8.42 Å². The van der Waals surface area contributed by atoms with Crippen LogP contribution in [0.25, 0.3) is 0 Å². The van der Waals surface area contributed by atoms with E-state index in [4.69, 9.17) is 5.73 Å². The van der Waals surface area contributed by atoms with Crippen LogP contribution >= 0.6 is 11.8 Å². The Bertz CT molecular complexity index is 429. The molecule has 90 valence electrons. The molecule has 1 aromatic rings. The fraction of sp³-hybridized carbons (Fsp3) is 0.455. The van der Waals surface area contributed by atoms with Gasteiger partial charge in [0.15, 0.2) is 0 Å². The minimum absolute atomic E-state index is 0.252. The second-order valence-corrected chi connectivity index (χ2v) is 7.18. The number of thioether (sulfide) groups is 1. The molecule has 1 aromatic carbocycles. The fourth-order valence-corrected chi connectivity index (χ4v) is 3.51. The number of rotatable bonds is 6. The van der Waals surface area contributed by atoms with Gasteiger partial charge >= 0.3 is 0 Å². The topological polar surface area (TPSA) is 60.2 Å². The highest BCUT2D eigenvalue weighted by Gasteiger charge is 2.02. The Hall–Kier alpha value is -0.680. The number of anilines is 1. The summed E-state index contributed by atoms with van der Waals surface area (Å²) in [5, 5.41) is 0. The molecule has 0 aromatic heterocycles. The lowest BCUT2D eigenvalue weighted by molar-refractivity contribution is 0.603. The molecule has 0 spiro atoms. The summed E-state index contributed by atoms with van der Waals surface area (Å²) < 4.78 is 21.8. The number of sulfone groups is 1. The molecule has 0 aliphatic rings. The van der Waals surface area contributed by atoms with Gasteiger partial charge in [0, 0.05) is 17.7 Å². The average Bonchev–Trinajstić information content (AvgIpc) is 2.18. The molecule has 0 amide bonds. The highest BCUT2D eigenvalue weighted by Crippen LogP contribution is 2.14. The van der Waals surface area contributed by atoms with E-state index in [1.54, 1.807) is 11.8 Å². The Morgan fingerprint density at radius 3 is 2.56 bits per heavy atom. The van der Waals surface area contributed by atoms with Gasteiger partial charge in [0.05, 0.1) is 5.75 Å². The maximum Gasteiger partial charge on any atom is 0.148 e. The molecule has 0 aliphatic heterocycles. The zero-order valence-electron chi connectivity index (χ0n) is 9.35. The van der Waals surface area contributed by atoms with Gasteiger partial charge in [-0.2, -0.15) is 11.8 Å². The number of aryl methyl sites for hydroxylation is 1. The Labute approximate surface area is 101 Å². The van der Waals surface area contributed by atoms with E-state index in [0.29, 0.717) is 5.75 Å². The van der Waals surface area contributed by atoms with Gasteiger partial charge in [0.2, 0.25) is 0 Å². The molecule has 0 saturated heterocycles. The molecule has 3 nitrogen and oxygen atoms in total. The van der Waals surface area contributed by atoms with Gasteiger partial charge in [-0.25, -0.2) is 8.42 Å². The van der Waals surface area contributed by atoms with Crippen molar-refractivity contribution in [2.24, 2.45) is 0 Å². The molecule has 5 heteroatoms. The number of nitrogen functional groups attached to an aromatic ring is 1. The second kappa shape index (κ2) is 6.15. The summed E-state index contributed by atoms with van der Waals surface area (Å²) in [5.74, 6) is 1.82. The Morgan fingerprint density at radius 1 is 1.25 bits per heavy atom. The first-order chi connectivity index (χ1) is 7.49. The van der Waals surface area contributed by atoms with Gasteiger partial charge in [-0.15, -0.1) is 0 Å². The van der Waals surface area contributed by atoms with Gasteiger partial charge < -0.3 is 5.73 Å². The van der Waals surface area contributed by atoms with Crippen molar-refractivity contribution in [2.45, 2.75) is 6.42 Å². The van der Waals surface area contributed by atoms with Gasteiger partial charge in [-0.3, -0.25) is 0 Å². The standard InChI is InChI=1S/C11H17NO2S2/c1-16(13,14)9-8-15-7-6-10-4-2-3-5-11(10)12/h2-5H,6-9,12H2,1H3. The number of nitrogens with two attached hydrogens (primary N) is 1. The fourth-order valence-electron chi connectivity index (χ4n) is 1.26. The maximum absolute atomic E-state index is 10.9. The summed E-state index contributed by atoms with van der Waals surface area (Å²) in [4.78, 5) is 0. The summed E-state index contributed by atoms with van der Waals surface area (Å²) in [7, 11) is -2.82. The van der Waals surface area contributed by atoms with Crippen LogP contribution in [0.5, 0.6) is 0 Å². The van der Waals surface area contributed by atoms with Crippen molar-refractivity contribution in [3.63, 3.8) is 0 Å². The molecular formula is C11H17NO2S2. The number of para-hydroxylation sites is 1. The van der Waals surface area contributed by atoms with Crippen molar-refractivity contribution in [1.29, 1.82) is 0 Å². The van der Waals surface area contributed by atoms with Crippen molar-refractivity contribution in [1.82, 2.24) is 0 Å². The van der Waals surface area contributed by atoms with Crippen LogP contribution in [0, 0.1) is 0 Å². The van der Waals surface area contributed by atoms with Crippen LogP contribution in [0.4, 0.5) is 5.69 Å². The Balaban J connectivity index is 2.24. The van der Waals surface area contributed by atoms with E-state index in [0.717, 1.165) is 23.4 Å². The van der Waals surface area contributed by atoms with E-state index in [-0.39, 0.29) is 5.75 Å². The van der Waals surface area contributed by atoms with Crippen molar-refractivity contribution in [3.8, 4) is 0 Å². The first-order valence-corrected chi connectivity index (χ1v) is 8.29. The van der Waals surface area contributed by atoms with Crippen molar-refractivity contribution in [3.05, 3.63) is 29.8 Å². The van der Waals surface area contributed by atoms with Crippen LogP contribution < -0.4 is 5.73 Å². The van der Waals surface area contributed by atoms with Crippen LogP contribution in [0.3, 0.4) is 0 Å². The molecule has 0 heterocycles. The molecule has 2 N–H and O–H groups in total. The molecule has 0 atom stereocenters. The minimum atomic E-state index is -2.82. The van der Waals surface area contributed by atoms with Crippen LogP contribution in [-0.4, -0.2) is 31.9 Å². The van der Waals surface area contributed by atoms with Crippen LogP contribution in [0.15, 0.2) is 24.3 Å². The van der Waals surface area contributed by atoms with Gasteiger partial charge in [0.25, 0.3) is 0 Å². The third-order valence-corrected chi connectivity index (χ3v) is 4.36. The molecular weight excluding hydrogens is 242 g/mol. The molecule has 0 radical (unpaired) electrons. The Morgan fingerprint density at radius 2 is 1.94 bits per heavy atom. The quantitative estimate of drug-likeness (QED) is 0.622. The number of hydrogen-bond donors (Lipinski definition) is 1. The van der Waals surface area contributed by atoms with Crippen molar-refractivity contribution in [2.75, 3.05) is 29.2 Å².